The van der Waals surface area contributed by atoms with E-state index in [2.05, 4.69) is 62.1 Å². The minimum absolute atomic E-state index is 0.000377. The van der Waals surface area contributed by atoms with E-state index >= 15 is 0 Å². The summed E-state index contributed by atoms with van der Waals surface area (Å²) < 4.78 is 46.8. The van der Waals surface area contributed by atoms with Crippen LogP contribution in [0.5, 0.6) is 28.7 Å². The third kappa shape index (κ3) is 19.5. The molecular weight excluding hydrogens is 1530 g/mol. The predicted octanol–water partition coefficient (Wildman–Crippen LogP) is 2.22. The summed E-state index contributed by atoms with van der Waals surface area (Å²) in [6.45, 7) is 1.93. The molecule has 1 fully saturated rings. The van der Waals surface area contributed by atoms with Gasteiger partial charge in [0.05, 0.1) is 129 Å². The number of phenols is 2. The molecule has 15 N–H and O–H groups in total. The summed E-state index contributed by atoms with van der Waals surface area (Å²) >= 11 is 0. The standard InChI is InChI=1S/C75H81N15O26/c1-36(115-74(105)84-48-26-57(114-37(2)63(48)95)116-53-29-75(106,54(92)34-91)28-46-59(53)67(99)61-60(65(46)97)64(96)44-7-5-8-50(109-3)58(44)66(61)98)45-25-51(110-4)52(27-49(45)90(107)108)113-21-6-9-55(93)79-32-42-33-89(88-87-42)43-16-12-38(13-17-43)69(100)77-20-22-111-23-24-112-35-81-56(94)19-18-47(72(103)104)83-70(101)39-10-14-40(15-11-39)78-30-41-31-80-68-62(82-41)71(102)86-73(76)85-68/h5,7-8,10-17,25,27,31,33,36-37,47-48,53,57,63,78,91,95,97,99,106H,6,9,18-24,26,28-30,32,34-35H2,1-4H3,(H,77,100)(H,79,93)(H,81,94)(H,83,101)(H,84,105)(H,103,104)(H3,76,80,85,86,102)/t36?,37-,47-,48-,53?,57-,63+,75-/m0/s1. The van der Waals surface area contributed by atoms with Crippen molar-refractivity contribution in [2.24, 2.45) is 0 Å². The number of hydrogen-bond acceptors (Lipinski definition) is 32. The fourth-order valence-electron chi connectivity index (χ4n) is 13.2. The van der Waals surface area contributed by atoms with Gasteiger partial charge in [-0.05, 0) is 87.4 Å². The summed E-state index contributed by atoms with van der Waals surface area (Å²) in [5, 5.41) is 103. The zero-order chi connectivity index (χ0) is 83.2. The van der Waals surface area contributed by atoms with Crippen LogP contribution >= 0.6 is 0 Å². The van der Waals surface area contributed by atoms with Gasteiger partial charge < -0.3 is 106 Å². The first-order valence-electron chi connectivity index (χ1n) is 36.1. The Balaban J connectivity index is 0.565. The lowest BCUT2D eigenvalue weighted by Crippen LogP contribution is -2.56. The Labute approximate surface area is 656 Å². The number of rotatable bonds is 36. The second-order valence-corrected chi connectivity index (χ2v) is 26.9. The number of aromatic nitrogens is 7. The molecule has 3 aliphatic rings. The third-order valence-electron chi connectivity index (χ3n) is 19.1. The summed E-state index contributed by atoms with van der Waals surface area (Å²) in [5.41, 5.74) is 2.23. The number of methoxy groups -OCH3 is 2. The van der Waals surface area contributed by atoms with E-state index in [9.17, 15) is 88.7 Å². The van der Waals surface area contributed by atoms with Gasteiger partial charge >= 0.3 is 12.1 Å². The minimum atomic E-state index is -2.47. The number of nitro benzene ring substituents is 1. The van der Waals surface area contributed by atoms with Crippen molar-refractivity contribution in [3.05, 3.63) is 173 Å². The van der Waals surface area contributed by atoms with Crippen molar-refractivity contribution < 1.29 is 117 Å². The van der Waals surface area contributed by atoms with E-state index in [0.717, 1.165) is 6.07 Å². The normalized spacial score (nSPS) is 17.9. The molecule has 0 spiro atoms. The van der Waals surface area contributed by atoms with E-state index in [1.807, 2.05) is 0 Å². The largest absolute Gasteiger partial charge is 0.507 e. The molecule has 1 saturated heterocycles. The molecule has 3 aromatic heterocycles. The van der Waals surface area contributed by atoms with E-state index in [4.69, 9.17) is 43.6 Å². The van der Waals surface area contributed by atoms with Crippen LogP contribution in [0.4, 0.5) is 22.1 Å². The van der Waals surface area contributed by atoms with Gasteiger partial charge in [0.25, 0.3) is 23.1 Å². The lowest BCUT2D eigenvalue weighted by atomic mass is 9.72. The van der Waals surface area contributed by atoms with Gasteiger partial charge in [-0.15, -0.1) is 5.10 Å². The molecule has 8 aromatic rings. The number of amides is 5. The van der Waals surface area contributed by atoms with Gasteiger partial charge in [-0.25, -0.2) is 24.2 Å². The molecular formula is C75H81N15O26. The number of aliphatic hydroxyl groups excluding tert-OH is 2. The van der Waals surface area contributed by atoms with Gasteiger partial charge in [0, 0.05) is 72.2 Å². The number of carboxylic acids is 1. The summed E-state index contributed by atoms with van der Waals surface area (Å²) in [4.78, 5) is 157. The molecule has 116 heavy (non-hydrogen) atoms. The number of anilines is 2. The molecule has 5 amide bonds. The van der Waals surface area contributed by atoms with Gasteiger partial charge in [-0.3, -0.25) is 53.5 Å². The van der Waals surface area contributed by atoms with Crippen molar-refractivity contribution >= 4 is 81.5 Å². The zero-order valence-electron chi connectivity index (χ0n) is 62.6. The van der Waals surface area contributed by atoms with E-state index in [0.29, 0.717) is 28.3 Å². The number of aromatic amines is 1. The third-order valence-corrected chi connectivity index (χ3v) is 19.1. The van der Waals surface area contributed by atoms with Gasteiger partial charge in [-0.2, -0.15) is 4.98 Å². The number of H-pyrrole nitrogens is 1. The topological polar surface area (TPSA) is 592 Å². The molecule has 11 rings (SSSR count). The summed E-state index contributed by atoms with van der Waals surface area (Å²) in [6.07, 6.45) is -7.37. The Morgan fingerprint density at radius 1 is 0.828 bits per heavy atom. The summed E-state index contributed by atoms with van der Waals surface area (Å²) in [6, 6.07) is 16.4. The number of phenolic OH excluding ortho intramolecular Hbond substituents is 2. The number of carbonyl (C=O) groups is 9. The van der Waals surface area contributed by atoms with Gasteiger partial charge in [0.1, 0.15) is 60.1 Å². The number of carbonyl (C=O) groups excluding carboxylic acids is 8. The number of nitrogen functional groups attached to an aromatic ring is 1. The number of ketones is 3. The number of nitrogens with one attached hydrogen (secondary N) is 7. The number of nitro groups is 1. The SMILES string of the molecule is COc1cc(C(C)OC(=O)N[C@H]2C[C@H](OC3C[C@](O)(C(=O)CO)Cc4c(O)c5c(c(O)c43)C(=O)c3c(OC)cccc3C5=O)O[C@@H](C)[C@H]2O)c([N+](=O)[O-])cc1OCCCC(=O)NCc1cn(-c2ccc(C(=O)NCCOCCOCNC(=O)CC[C@H](NC(=O)c3ccc(NCc4cnc5nc(N)[nH]c(=O)c5n4)cc3)C(=O)O)cc2)nn1. The highest BCUT2D eigenvalue weighted by Gasteiger charge is 2.51. The Morgan fingerprint density at radius 2 is 1.54 bits per heavy atom. The van der Waals surface area contributed by atoms with Crippen LogP contribution in [0.3, 0.4) is 0 Å². The Hall–Kier alpha value is -13.2. The fraction of sp³-hybridized carbons (Fsp3) is 0.373. The van der Waals surface area contributed by atoms with Crippen molar-refractivity contribution in [3.63, 3.8) is 0 Å². The summed E-state index contributed by atoms with van der Waals surface area (Å²) in [5.74, 6) is -8.04. The van der Waals surface area contributed by atoms with Gasteiger partial charge in [-0.1, -0.05) is 17.3 Å². The molecule has 0 radical (unpaired) electrons. The Bertz CT molecular complexity index is 5140. The Kier molecular flexibility index (Phi) is 26.8. The van der Waals surface area contributed by atoms with Crippen LogP contribution in [0, 0.1) is 10.1 Å². The Morgan fingerprint density at radius 3 is 2.27 bits per heavy atom. The molecule has 41 nitrogen and oxygen atoms in total. The number of nitrogens with two attached hydrogens (primary N) is 1. The highest BCUT2D eigenvalue weighted by atomic mass is 16.7. The van der Waals surface area contributed by atoms with Crippen molar-refractivity contribution in [1.29, 1.82) is 0 Å². The average Bonchev–Trinajstić information content (AvgIpc) is 0.871. The number of Topliss-reactive ketones (excluding diaryl/α,β-unsaturated/α-hetero) is 1. The van der Waals surface area contributed by atoms with E-state index in [1.54, 1.807) is 42.6 Å². The number of hydrogen-bond donors (Lipinski definition) is 14. The second kappa shape index (κ2) is 37.2. The lowest BCUT2D eigenvalue weighted by molar-refractivity contribution is -0.386. The second-order valence-electron chi connectivity index (χ2n) is 26.9. The lowest BCUT2D eigenvalue weighted by Gasteiger charge is -2.42. The number of aromatic hydroxyl groups is 2. The van der Waals surface area contributed by atoms with E-state index in [1.165, 1.54) is 75.3 Å². The van der Waals surface area contributed by atoms with Crippen LogP contribution < -0.4 is 57.4 Å². The maximum Gasteiger partial charge on any atom is 0.408 e. The molecule has 8 atom stereocenters. The molecule has 5 aromatic carbocycles. The molecule has 612 valence electrons. The smallest absolute Gasteiger partial charge is 0.408 e. The highest BCUT2D eigenvalue weighted by molar-refractivity contribution is 6.31. The van der Waals surface area contributed by atoms with Crippen LogP contribution in [0.1, 0.15) is 145 Å². The number of benzene rings is 5. The molecule has 0 bridgehead atoms. The summed E-state index contributed by atoms with van der Waals surface area (Å²) in [7, 11) is 2.53. The molecule has 2 unspecified atom stereocenters. The van der Waals surface area contributed by atoms with E-state index in [-0.39, 0.29) is 152 Å². The van der Waals surface area contributed by atoms with Gasteiger partial charge in [0.2, 0.25) is 23.5 Å². The van der Waals surface area contributed by atoms with Crippen molar-refractivity contribution in [2.45, 2.75) is 120 Å². The molecule has 41 heteroatoms. The molecule has 1 aliphatic heterocycles. The maximum absolute atomic E-state index is 14.1. The van der Waals surface area contributed by atoms with Crippen LogP contribution in [0.25, 0.3) is 16.9 Å². The number of fused-ring (bicyclic) bond motifs is 4. The van der Waals surface area contributed by atoms with Crippen molar-refractivity contribution in [3.8, 4) is 34.4 Å². The molecule has 2 aliphatic carbocycles. The first-order chi connectivity index (χ1) is 55.6. The van der Waals surface area contributed by atoms with Crippen LogP contribution in [0.15, 0.2) is 96.1 Å². The number of aliphatic carboxylic acids is 1. The fourth-order valence-corrected chi connectivity index (χ4v) is 13.2. The van der Waals surface area contributed by atoms with Crippen molar-refractivity contribution in [1.82, 2.24) is 61.5 Å². The molecule has 4 heterocycles. The van der Waals surface area contributed by atoms with E-state index < -0.39 is 160 Å². The first kappa shape index (κ1) is 83.7. The quantitative estimate of drug-likeness (QED) is 0.00880. The number of nitrogens with zero attached hydrogens (tertiary/aromatic N) is 7. The number of ether oxygens (including phenoxy) is 8. The van der Waals surface area contributed by atoms with Crippen molar-refractivity contribution in [2.75, 3.05) is 71.6 Å². The number of carboxylic acid groups (broad SMARTS) is 1. The minimum Gasteiger partial charge on any atom is -0.507 e. The highest BCUT2D eigenvalue weighted by Crippen LogP contribution is 2.53. The van der Waals surface area contributed by atoms with Crippen LogP contribution in [-0.4, -0.2) is 220 Å². The average molecular weight is 1610 g/mol. The van der Waals surface area contributed by atoms with Crippen LogP contribution in [-0.2, 0) is 62.4 Å². The van der Waals surface area contributed by atoms with Gasteiger partial charge in [0.15, 0.2) is 40.5 Å². The maximum atomic E-state index is 14.1. The monoisotopic (exact) mass is 1610 g/mol. The van der Waals surface area contributed by atoms with Crippen LogP contribution in [0.2, 0.25) is 0 Å². The number of alkyl carbamates (subject to hydrolysis) is 1. The number of aliphatic hydroxyl groups is 3. The predicted molar refractivity (Wildman–Crippen MR) is 400 cm³/mol. The zero-order valence-corrected chi connectivity index (χ0v) is 62.6. The molecule has 0 saturated carbocycles. The first-order valence-corrected chi connectivity index (χ1v) is 36.1.